The maximum absolute atomic E-state index is 6.32. The van der Waals surface area contributed by atoms with Crippen molar-refractivity contribution >= 4 is 22.7 Å². The van der Waals surface area contributed by atoms with E-state index >= 15 is 0 Å². The minimum atomic E-state index is 0.485. The summed E-state index contributed by atoms with van der Waals surface area (Å²) >= 11 is 3.38. The fraction of sp³-hybridized carbons (Fsp3) is 0.300. The molecule has 0 saturated heterocycles. The molecular weight excluding hydrogens is 609 g/mol. The Morgan fingerprint density at radius 1 is 0.457 bits per heavy atom. The average Bonchev–Trinajstić information content (AvgIpc) is 3.75. The van der Waals surface area contributed by atoms with Gasteiger partial charge in [0.1, 0.15) is 23.0 Å². The summed E-state index contributed by atoms with van der Waals surface area (Å²) in [6.45, 7) is 9.30. The summed E-state index contributed by atoms with van der Waals surface area (Å²) in [6, 6.07) is 16.2. The van der Waals surface area contributed by atoms with E-state index in [1.54, 1.807) is 22.7 Å². The van der Waals surface area contributed by atoms with Crippen LogP contribution in [0.15, 0.2) is 59.3 Å². The highest BCUT2D eigenvalue weighted by atomic mass is 32.1. The van der Waals surface area contributed by atoms with Gasteiger partial charge in [-0.25, -0.2) is 0 Å². The largest absolute Gasteiger partial charge is 0.492 e. The van der Waals surface area contributed by atoms with Crippen LogP contribution in [0.1, 0.15) is 53.4 Å². The molecule has 0 fully saturated rings. The van der Waals surface area contributed by atoms with E-state index in [9.17, 15) is 0 Å². The van der Waals surface area contributed by atoms with Crippen LogP contribution in [0.2, 0.25) is 0 Å². The van der Waals surface area contributed by atoms with Crippen LogP contribution in [0.25, 0.3) is 32.0 Å². The molecule has 0 aliphatic heterocycles. The van der Waals surface area contributed by atoms with Gasteiger partial charge in [-0.15, -0.1) is 70.0 Å². The molecule has 0 unspecified atom stereocenters. The van der Waals surface area contributed by atoms with E-state index in [1.165, 1.54) is 0 Å². The van der Waals surface area contributed by atoms with Gasteiger partial charge in [0.15, 0.2) is 0 Å². The van der Waals surface area contributed by atoms with Gasteiger partial charge in [-0.3, -0.25) is 0 Å². The molecule has 46 heavy (non-hydrogen) atoms. The molecule has 0 atom stereocenters. The van der Waals surface area contributed by atoms with Gasteiger partial charge >= 0.3 is 0 Å². The third-order valence-corrected chi connectivity index (χ3v) is 8.69. The Bertz CT molecular complexity index is 1610. The van der Waals surface area contributed by atoms with Crippen molar-refractivity contribution in [3.8, 4) is 102 Å². The molecule has 0 aliphatic rings. The zero-order chi connectivity index (χ0) is 32.4. The predicted molar refractivity (Wildman–Crippen MR) is 193 cm³/mol. The summed E-state index contributed by atoms with van der Waals surface area (Å²) in [7, 11) is 0. The lowest BCUT2D eigenvalue weighted by atomic mass is 9.99. The highest BCUT2D eigenvalue weighted by Crippen LogP contribution is 2.52. The molecule has 0 aliphatic carbocycles. The van der Waals surface area contributed by atoms with Crippen LogP contribution in [0.4, 0.5) is 0 Å². The molecule has 4 rings (SSSR count). The third-order valence-electron chi connectivity index (χ3n) is 6.70. The molecular formula is C40H38O4S2. The molecule has 2 aromatic carbocycles. The van der Waals surface area contributed by atoms with Gasteiger partial charge in [0, 0.05) is 36.8 Å². The van der Waals surface area contributed by atoms with Gasteiger partial charge in [0.2, 0.25) is 0 Å². The monoisotopic (exact) mass is 646 g/mol. The van der Waals surface area contributed by atoms with Crippen molar-refractivity contribution in [2.24, 2.45) is 0 Å². The summed E-state index contributed by atoms with van der Waals surface area (Å²) in [4.78, 5) is 2.23. The first-order valence-electron chi connectivity index (χ1n) is 15.2. The van der Waals surface area contributed by atoms with Crippen LogP contribution in [0, 0.1) is 47.4 Å². The SMILES string of the molecule is CC#CCCOc1cccc(OCCC#CC)c1-c1ccsc1-c1sccc1-c1c(OCCC#CC)cccc1OCCC#CC. The Hall–Kier alpha value is -4.72. The third kappa shape index (κ3) is 9.16. The lowest BCUT2D eigenvalue weighted by Crippen LogP contribution is -2.02. The molecule has 2 aromatic heterocycles. The van der Waals surface area contributed by atoms with Crippen LogP contribution in [-0.4, -0.2) is 26.4 Å². The first-order valence-corrected chi connectivity index (χ1v) is 17.0. The minimum Gasteiger partial charge on any atom is -0.492 e. The number of rotatable bonds is 15. The topological polar surface area (TPSA) is 36.9 Å². The van der Waals surface area contributed by atoms with Crippen LogP contribution in [0.5, 0.6) is 23.0 Å². The number of hydrogen-bond donors (Lipinski definition) is 0. The number of ether oxygens (including phenoxy) is 4. The van der Waals surface area contributed by atoms with Crippen molar-refractivity contribution in [2.45, 2.75) is 53.4 Å². The van der Waals surface area contributed by atoms with E-state index in [-0.39, 0.29) is 0 Å². The van der Waals surface area contributed by atoms with E-state index in [2.05, 4.69) is 70.3 Å². The van der Waals surface area contributed by atoms with Gasteiger partial charge in [-0.2, -0.15) is 0 Å². The Labute approximate surface area is 282 Å². The Morgan fingerprint density at radius 2 is 0.761 bits per heavy atom. The summed E-state index contributed by atoms with van der Waals surface area (Å²) in [6.07, 6.45) is 2.58. The molecule has 0 radical (unpaired) electrons. The van der Waals surface area contributed by atoms with Crippen LogP contribution in [-0.2, 0) is 0 Å². The predicted octanol–water partition coefficient (Wildman–Crippen LogP) is 9.98. The maximum atomic E-state index is 6.32. The molecule has 6 heteroatoms. The van der Waals surface area contributed by atoms with Gasteiger partial charge in [-0.05, 0) is 74.9 Å². The van der Waals surface area contributed by atoms with E-state index in [4.69, 9.17) is 18.9 Å². The zero-order valence-electron chi connectivity index (χ0n) is 26.9. The first-order chi connectivity index (χ1) is 22.7. The van der Waals surface area contributed by atoms with Crippen molar-refractivity contribution in [1.82, 2.24) is 0 Å². The lowest BCUT2D eigenvalue weighted by Gasteiger charge is -2.18. The Morgan fingerprint density at radius 3 is 1.04 bits per heavy atom. The first kappa shape index (κ1) is 34.2. The molecule has 0 saturated carbocycles. The number of thiophene rings is 2. The lowest BCUT2D eigenvalue weighted by molar-refractivity contribution is 0.313. The van der Waals surface area contributed by atoms with E-state index in [0.717, 1.165) is 55.0 Å². The van der Waals surface area contributed by atoms with Gasteiger partial charge in [-0.1, -0.05) is 12.1 Å². The van der Waals surface area contributed by atoms with Crippen molar-refractivity contribution in [2.75, 3.05) is 26.4 Å². The smallest absolute Gasteiger partial charge is 0.130 e. The molecule has 0 bridgehead atoms. The summed E-state index contributed by atoms with van der Waals surface area (Å²) in [5.41, 5.74) is 3.92. The van der Waals surface area contributed by atoms with Gasteiger partial charge in [0.05, 0.1) is 47.3 Å². The van der Waals surface area contributed by atoms with Crippen molar-refractivity contribution in [3.63, 3.8) is 0 Å². The molecule has 234 valence electrons. The van der Waals surface area contributed by atoms with E-state index in [0.29, 0.717) is 52.1 Å². The second-order valence-electron chi connectivity index (χ2n) is 9.69. The summed E-state index contributed by atoms with van der Waals surface area (Å²) < 4.78 is 25.3. The normalized spacial score (nSPS) is 9.74. The number of benzene rings is 2. The molecule has 0 spiro atoms. The van der Waals surface area contributed by atoms with Crippen molar-refractivity contribution in [3.05, 3.63) is 59.3 Å². The molecule has 4 nitrogen and oxygen atoms in total. The molecule has 0 N–H and O–H groups in total. The maximum Gasteiger partial charge on any atom is 0.130 e. The zero-order valence-corrected chi connectivity index (χ0v) is 28.5. The van der Waals surface area contributed by atoms with Crippen molar-refractivity contribution < 1.29 is 18.9 Å². The van der Waals surface area contributed by atoms with E-state index < -0.39 is 0 Å². The van der Waals surface area contributed by atoms with Gasteiger partial charge in [0.25, 0.3) is 0 Å². The summed E-state index contributed by atoms with van der Waals surface area (Å²) in [5, 5.41) is 4.24. The number of hydrogen-bond acceptors (Lipinski definition) is 6. The van der Waals surface area contributed by atoms with Crippen LogP contribution in [0.3, 0.4) is 0 Å². The second kappa shape index (κ2) is 18.9. The summed E-state index contributed by atoms with van der Waals surface area (Å²) in [5.74, 6) is 27.2. The second-order valence-corrected chi connectivity index (χ2v) is 11.5. The highest BCUT2D eigenvalue weighted by molar-refractivity contribution is 7.21. The minimum absolute atomic E-state index is 0.485. The van der Waals surface area contributed by atoms with Crippen LogP contribution < -0.4 is 18.9 Å². The Kier molecular flexibility index (Phi) is 14.1. The fourth-order valence-electron chi connectivity index (χ4n) is 4.75. The average molecular weight is 647 g/mol. The molecule has 0 amide bonds. The quantitative estimate of drug-likeness (QED) is 0.0952. The Balaban J connectivity index is 1.81. The van der Waals surface area contributed by atoms with Gasteiger partial charge < -0.3 is 18.9 Å². The molecule has 2 heterocycles. The highest BCUT2D eigenvalue weighted by Gasteiger charge is 2.24. The van der Waals surface area contributed by atoms with Crippen molar-refractivity contribution in [1.29, 1.82) is 0 Å². The standard InChI is InChI=1S/C40H38O4S2/c1-5-9-13-25-41-33-19-17-20-34(42-26-14-10-6-2)37(33)31-23-29-45-39(31)40-32(24-30-46-40)38-35(43-27-15-11-7-3)21-18-22-36(38)44-28-16-12-8-4/h17-24,29-30H,13-16,25-28H2,1-4H3. The van der Waals surface area contributed by atoms with E-state index in [1.807, 2.05) is 64.1 Å². The van der Waals surface area contributed by atoms with Crippen LogP contribution >= 0.6 is 22.7 Å². The fourth-order valence-corrected chi connectivity index (χ4v) is 6.74. The molecule has 4 aromatic rings.